The fraction of sp³-hybridized carbons (Fsp3) is 0.579. The molecule has 1 saturated heterocycles. The summed E-state index contributed by atoms with van der Waals surface area (Å²) < 4.78 is 13.6. The van der Waals surface area contributed by atoms with Gasteiger partial charge >= 0.3 is 0 Å². The van der Waals surface area contributed by atoms with E-state index in [1.54, 1.807) is 19.2 Å². The van der Waals surface area contributed by atoms with Crippen molar-refractivity contribution in [3.63, 3.8) is 0 Å². The van der Waals surface area contributed by atoms with Gasteiger partial charge in [0.05, 0.1) is 13.1 Å². The largest absolute Gasteiger partial charge is 0.358 e. The van der Waals surface area contributed by atoms with Gasteiger partial charge in [0.1, 0.15) is 5.82 Å². The Morgan fingerprint density at radius 3 is 2.68 bits per heavy atom. The van der Waals surface area contributed by atoms with Gasteiger partial charge in [0.2, 0.25) is 5.91 Å². The molecule has 0 aromatic heterocycles. The van der Waals surface area contributed by atoms with Gasteiger partial charge in [-0.25, -0.2) is 4.39 Å². The highest BCUT2D eigenvalue weighted by molar-refractivity contribution is 14.0. The SMILES string of the molecule is CCNC(=NCCSc1ccccc1F)NC1CCN(CC(=O)NC)CC1.I. The molecule has 0 bridgehead atoms. The molecule has 0 radical (unpaired) electrons. The summed E-state index contributed by atoms with van der Waals surface area (Å²) in [5, 5.41) is 9.42. The third kappa shape index (κ3) is 8.95. The van der Waals surface area contributed by atoms with E-state index in [9.17, 15) is 9.18 Å². The smallest absolute Gasteiger partial charge is 0.233 e. The maximum Gasteiger partial charge on any atom is 0.233 e. The number of benzene rings is 1. The van der Waals surface area contributed by atoms with Crippen molar-refractivity contribution in [2.24, 2.45) is 4.99 Å². The lowest BCUT2D eigenvalue weighted by Gasteiger charge is -2.32. The number of guanidine groups is 1. The van der Waals surface area contributed by atoms with E-state index >= 15 is 0 Å². The minimum atomic E-state index is -0.181. The second-order valence-corrected chi connectivity index (χ2v) is 7.54. The average Bonchev–Trinajstić information content (AvgIpc) is 2.68. The van der Waals surface area contributed by atoms with E-state index in [1.165, 1.54) is 17.8 Å². The molecule has 1 aliphatic rings. The summed E-state index contributed by atoms with van der Waals surface area (Å²) in [6, 6.07) is 7.16. The predicted molar refractivity (Wildman–Crippen MR) is 125 cm³/mol. The van der Waals surface area contributed by atoms with Gasteiger partial charge in [0.25, 0.3) is 0 Å². The number of halogens is 2. The Balaban J connectivity index is 0.00000392. The zero-order valence-electron chi connectivity index (χ0n) is 16.5. The number of likely N-dealkylation sites (N-methyl/N-ethyl adjacent to an activating group) is 1. The number of aliphatic imine (C=N–C) groups is 1. The summed E-state index contributed by atoms with van der Waals surface area (Å²) in [5.74, 6) is 1.40. The Hall–Kier alpha value is -1.07. The molecule has 0 aliphatic carbocycles. The normalized spacial score (nSPS) is 15.6. The molecule has 0 atom stereocenters. The van der Waals surface area contributed by atoms with Gasteiger partial charge in [-0.3, -0.25) is 14.7 Å². The molecule has 1 aromatic carbocycles. The Morgan fingerprint density at radius 1 is 1.32 bits per heavy atom. The Bertz CT molecular complexity index is 626. The standard InChI is InChI=1S/C19H30FN5OS.HI/c1-3-22-19(23-10-13-27-17-7-5-4-6-16(17)20)24-15-8-11-25(12-9-15)14-18(26)21-2;/h4-7,15H,3,8-14H2,1-2H3,(H,21,26)(H2,22,23,24);1H. The van der Waals surface area contributed by atoms with Crippen molar-refractivity contribution < 1.29 is 9.18 Å². The summed E-state index contributed by atoms with van der Waals surface area (Å²) in [7, 11) is 1.67. The summed E-state index contributed by atoms with van der Waals surface area (Å²) in [5.41, 5.74) is 0. The van der Waals surface area contributed by atoms with Crippen LogP contribution in [0.1, 0.15) is 19.8 Å². The second kappa shape index (κ2) is 14.0. The van der Waals surface area contributed by atoms with Gasteiger partial charge < -0.3 is 16.0 Å². The monoisotopic (exact) mass is 523 g/mol. The van der Waals surface area contributed by atoms with Gasteiger partial charge in [-0.05, 0) is 31.9 Å². The van der Waals surface area contributed by atoms with Crippen molar-refractivity contribution in [2.45, 2.75) is 30.7 Å². The summed E-state index contributed by atoms with van der Waals surface area (Å²) in [4.78, 5) is 18.9. The fourth-order valence-corrected chi connectivity index (χ4v) is 3.69. The quantitative estimate of drug-likeness (QED) is 0.161. The number of hydrogen-bond donors (Lipinski definition) is 3. The van der Waals surface area contributed by atoms with E-state index in [4.69, 9.17) is 0 Å². The van der Waals surface area contributed by atoms with Gasteiger partial charge in [0, 0.05) is 43.4 Å². The van der Waals surface area contributed by atoms with Crippen molar-refractivity contribution in [3.05, 3.63) is 30.1 Å². The number of piperidine rings is 1. The van der Waals surface area contributed by atoms with Crippen LogP contribution in [0, 0.1) is 5.82 Å². The van der Waals surface area contributed by atoms with E-state index < -0.39 is 0 Å². The highest BCUT2D eigenvalue weighted by atomic mass is 127. The van der Waals surface area contributed by atoms with Gasteiger partial charge in [-0.1, -0.05) is 12.1 Å². The van der Waals surface area contributed by atoms with Crippen molar-refractivity contribution in [1.82, 2.24) is 20.9 Å². The molecule has 1 fully saturated rings. The number of carbonyl (C=O) groups is 1. The maximum absolute atomic E-state index is 13.6. The topological polar surface area (TPSA) is 68.8 Å². The number of carbonyl (C=O) groups excluding carboxylic acids is 1. The lowest BCUT2D eigenvalue weighted by atomic mass is 10.1. The van der Waals surface area contributed by atoms with Crippen LogP contribution < -0.4 is 16.0 Å². The van der Waals surface area contributed by atoms with Crippen molar-refractivity contribution in [3.8, 4) is 0 Å². The van der Waals surface area contributed by atoms with Gasteiger partial charge in [0.15, 0.2) is 5.96 Å². The number of hydrogen-bond acceptors (Lipinski definition) is 4. The number of thioether (sulfide) groups is 1. The first-order valence-electron chi connectivity index (χ1n) is 9.47. The molecule has 2 rings (SSSR count). The number of nitrogens with one attached hydrogen (secondary N) is 3. The first kappa shape index (κ1) is 25.0. The van der Waals surface area contributed by atoms with Crippen LogP contribution in [0.25, 0.3) is 0 Å². The molecule has 1 aromatic rings. The van der Waals surface area contributed by atoms with E-state index in [2.05, 4.69) is 25.8 Å². The molecule has 0 saturated carbocycles. The average molecular weight is 523 g/mol. The summed E-state index contributed by atoms with van der Waals surface area (Å²) in [6.07, 6.45) is 1.96. The van der Waals surface area contributed by atoms with Gasteiger partial charge in [-0.2, -0.15) is 0 Å². The van der Waals surface area contributed by atoms with Crippen molar-refractivity contribution in [1.29, 1.82) is 0 Å². The summed E-state index contributed by atoms with van der Waals surface area (Å²) in [6.45, 7) is 5.70. The van der Waals surface area contributed by atoms with E-state index in [1.807, 2.05) is 13.0 Å². The third-order valence-electron chi connectivity index (χ3n) is 4.37. The number of nitrogens with zero attached hydrogens (tertiary/aromatic N) is 2. The Labute approximate surface area is 188 Å². The third-order valence-corrected chi connectivity index (χ3v) is 5.40. The van der Waals surface area contributed by atoms with Crippen molar-refractivity contribution >= 4 is 47.6 Å². The number of amides is 1. The molecule has 9 heteroatoms. The zero-order chi connectivity index (χ0) is 19.5. The molecule has 28 heavy (non-hydrogen) atoms. The van der Waals surface area contributed by atoms with Gasteiger partial charge in [-0.15, -0.1) is 35.7 Å². The fourth-order valence-electron chi connectivity index (χ4n) is 2.91. The van der Waals surface area contributed by atoms with Crippen LogP contribution in [0.4, 0.5) is 4.39 Å². The summed E-state index contributed by atoms with van der Waals surface area (Å²) >= 11 is 1.48. The lowest BCUT2D eigenvalue weighted by Crippen LogP contribution is -2.50. The molecule has 1 heterocycles. The Kier molecular flexibility index (Phi) is 12.5. The predicted octanol–water partition coefficient (Wildman–Crippen LogP) is 2.30. The molecule has 158 valence electrons. The van der Waals surface area contributed by atoms with Crippen molar-refractivity contribution in [2.75, 3.05) is 45.5 Å². The van der Waals surface area contributed by atoms with Crippen LogP contribution in [-0.4, -0.2) is 68.3 Å². The van der Waals surface area contributed by atoms with Crippen LogP contribution in [0.3, 0.4) is 0 Å². The minimum Gasteiger partial charge on any atom is -0.358 e. The highest BCUT2D eigenvalue weighted by Gasteiger charge is 2.21. The van der Waals surface area contributed by atoms with E-state index in [0.29, 0.717) is 24.0 Å². The van der Waals surface area contributed by atoms with E-state index in [0.717, 1.165) is 44.2 Å². The minimum absolute atomic E-state index is 0. The first-order chi connectivity index (χ1) is 13.1. The lowest BCUT2D eigenvalue weighted by molar-refractivity contribution is -0.122. The molecule has 0 spiro atoms. The highest BCUT2D eigenvalue weighted by Crippen LogP contribution is 2.20. The Morgan fingerprint density at radius 2 is 2.04 bits per heavy atom. The van der Waals surface area contributed by atoms with Crippen LogP contribution in [0.15, 0.2) is 34.2 Å². The van der Waals surface area contributed by atoms with E-state index in [-0.39, 0.29) is 35.7 Å². The molecular weight excluding hydrogens is 492 g/mol. The molecule has 3 N–H and O–H groups in total. The molecule has 1 amide bonds. The number of rotatable bonds is 8. The maximum atomic E-state index is 13.6. The molecule has 1 aliphatic heterocycles. The molecule has 6 nitrogen and oxygen atoms in total. The second-order valence-electron chi connectivity index (χ2n) is 6.41. The number of likely N-dealkylation sites (tertiary alicyclic amines) is 1. The van der Waals surface area contributed by atoms with Crippen LogP contribution in [0.5, 0.6) is 0 Å². The molecular formula is C19H31FIN5OS. The van der Waals surface area contributed by atoms with Crippen LogP contribution >= 0.6 is 35.7 Å². The van der Waals surface area contributed by atoms with Crippen LogP contribution in [0.2, 0.25) is 0 Å². The first-order valence-corrected chi connectivity index (χ1v) is 10.5. The zero-order valence-corrected chi connectivity index (χ0v) is 19.7. The van der Waals surface area contributed by atoms with Crippen LogP contribution in [-0.2, 0) is 4.79 Å². The molecule has 0 unspecified atom stereocenters.